The third-order valence-electron chi connectivity index (χ3n) is 2.20. The van der Waals surface area contributed by atoms with E-state index in [1.807, 2.05) is 6.07 Å². The molecule has 0 aliphatic carbocycles. The number of ether oxygens (including phenoxy) is 2. The first-order valence-corrected chi connectivity index (χ1v) is 4.65. The van der Waals surface area contributed by atoms with Gasteiger partial charge < -0.3 is 9.47 Å². The molecule has 0 radical (unpaired) electrons. The fourth-order valence-corrected chi connectivity index (χ4v) is 1.32. The summed E-state index contributed by atoms with van der Waals surface area (Å²) in [6.07, 6.45) is 0.0973. The number of hydrogen-bond donors (Lipinski definition) is 0. The summed E-state index contributed by atoms with van der Waals surface area (Å²) in [5.74, 6) is -0.0938. The predicted octanol–water partition coefficient (Wildman–Crippen LogP) is 1.78. The summed E-state index contributed by atoms with van der Waals surface area (Å²) in [5, 5.41) is 8.89. The number of epoxide rings is 1. The number of hydrogen-bond acceptors (Lipinski definition) is 3. The predicted molar refractivity (Wildman–Crippen MR) is 51.1 cm³/mol. The number of nitrogens with zero attached hydrogens (tertiary/aromatic N) is 1. The summed E-state index contributed by atoms with van der Waals surface area (Å²) in [6.45, 7) is 2.73. The van der Waals surface area contributed by atoms with Crippen LogP contribution in [0.3, 0.4) is 0 Å². The van der Waals surface area contributed by atoms with Crippen LogP contribution >= 0.6 is 0 Å². The summed E-state index contributed by atoms with van der Waals surface area (Å²) in [6, 6.07) is 4.55. The molecule has 1 atom stereocenters. The zero-order chi connectivity index (χ0) is 10.8. The van der Waals surface area contributed by atoms with Gasteiger partial charge in [0.05, 0.1) is 12.2 Å². The van der Waals surface area contributed by atoms with Crippen LogP contribution in [0.2, 0.25) is 0 Å². The van der Waals surface area contributed by atoms with Gasteiger partial charge in [0.15, 0.2) is 0 Å². The van der Waals surface area contributed by atoms with Gasteiger partial charge in [-0.1, -0.05) is 0 Å². The highest BCUT2D eigenvalue weighted by Crippen LogP contribution is 2.24. The number of benzene rings is 1. The molecule has 0 unspecified atom stereocenters. The maximum absolute atomic E-state index is 13.1. The van der Waals surface area contributed by atoms with Gasteiger partial charge in [-0.25, -0.2) is 4.39 Å². The highest BCUT2D eigenvalue weighted by atomic mass is 19.1. The lowest BCUT2D eigenvalue weighted by atomic mass is 10.1. The van der Waals surface area contributed by atoms with E-state index in [-0.39, 0.29) is 6.10 Å². The first-order valence-electron chi connectivity index (χ1n) is 4.65. The topological polar surface area (TPSA) is 45.5 Å². The molecule has 15 heavy (non-hydrogen) atoms. The summed E-state index contributed by atoms with van der Waals surface area (Å²) in [5.41, 5.74) is 0.973. The Balaban J connectivity index is 2.22. The summed E-state index contributed by atoms with van der Waals surface area (Å²) in [7, 11) is 0. The van der Waals surface area contributed by atoms with Crippen LogP contribution in [-0.4, -0.2) is 19.3 Å². The van der Waals surface area contributed by atoms with Crippen LogP contribution in [0.5, 0.6) is 5.75 Å². The first kappa shape index (κ1) is 9.94. The van der Waals surface area contributed by atoms with Gasteiger partial charge in [0.25, 0.3) is 0 Å². The molecule has 1 saturated heterocycles. The monoisotopic (exact) mass is 207 g/mol. The molecular formula is C11H10FNO2. The second-order valence-corrected chi connectivity index (χ2v) is 3.47. The van der Waals surface area contributed by atoms with Gasteiger partial charge in [-0.05, 0) is 18.6 Å². The SMILES string of the molecule is Cc1cc(F)cc(OC[C@@H]2CO2)c1C#N. The van der Waals surface area contributed by atoms with E-state index in [1.165, 1.54) is 12.1 Å². The van der Waals surface area contributed by atoms with Crippen molar-refractivity contribution in [1.29, 1.82) is 5.26 Å². The molecule has 78 valence electrons. The third kappa shape index (κ3) is 2.25. The fraction of sp³-hybridized carbons (Fsp3) is 0.364. The Hall–Kier alpha value is -1.60. The van der Waals surface area contributed by atoms with E-state index >= 15 is 0 Å². The molecule has 1 aromatic rings. The minimum Gasteiger partial charge on any atom is -0.489 e. The van der Waals surface area contributed by atoms with Crippen molar-refractivity contribution in [2.24, 2.45) is 0 Å². The molecule has 0 N–H and O–H groups in total. The van der Waals surface area contributed by atoms with Gasteiger partial charge in [-0.15, -0.1) is 0 Å². The molecule has 0 amide bonds. The molecular weight excluding hydrogens is 197 g/mol. The van der Waals surface area contributed by atoms with Crippen LogP contribution < -0.4 is 4.74 Å². The molecule has 0 spiro atoms. The van der Waals surface area contributed by atoms with E-state index in [2.05, 4.69) is 0 Å². The molecule has 0 bridgehead atoms. The van der Waals surface area contributed by atoms with Gasteiger partial charge in [0, 0.05) is 6.07 Å². The van der Waals surface area contributed by atoms with Crippen LogP contribution in [0.15, 0.2) is 12.1 Å². The van der Waals surface area contributed by atoms with Crippen molar-refractivity contribution in [1.82, 2.24) is 0 Å². The van der Waals surface area contributed by atoms with Crippen LogP contribution in [-0.2, 0) is 4.74 Å². The van der Waals surface area contributed by atoms with Crippen LogP contribution in [0, 0.1) is 24.1 Å². The van der Waals surface area contributed by atoms with Gasteiger partial charge in [0.1, 0.15) is 30.3 Å². The van der Waals surface area contributed by atoms with E-state index < -0.39 is 5.82 Å². The molecule has 1 aromatic carbocycles. The largest absolute Gasteiger partial charge is 0.489 e. The van der Waals surface area contributed by atoms with Crippen molar-refractivity contribution < 1.29 is 13.9 Å². The van der Waals surface area contributed by atoms with E-state index in [1.54, 1.807) is 6.92 Å². The van der Waals surface area contributed by atoms with Crippen molar-refractivity contribution >= 4 is 0 Å². The van der Waals surface area contributed by atoms with Gasteiger partial charge in [-0.2, -0.15) is 5.26 Å². The van der Waals surface area contributed by atoms with E-state index in [0.717, 1.165) is 0 Å². The number of rotatable bonds is 3. The Morgan fingerprint density at radius 2 is 2.40 bits per heavy atom. The summed E-state index contributed by atoms with van der Waals surface area (Å²) < 4.78 is 23.4. The lowest BCUT2D eigenvalue weighted by molar-refractivity contribution is 0.261. The number of aryl methyl sites for hydroxylation is 1. The zero-order valence-electron chi connectivity index (χ0n) is 8.29. The van der Waals surface area contributed by atoms with E-state index in [9.17, 15) is 4.39 Å². The van der Waals surface area contributed by atoms with Gasteiger partial charge in [0.2, 0.25) is 0 Å². The van der Waals surface area contributed by atoms with Crippen LogP contribution in [0.4, 0.5) is 4.39 Å². The standard InChI is InChI=1S/C11H10FNO2/c1-7-2-8(12)3-11(10(7)4-13)15-6-9-5-14-9/h2-3,9H,5-6H2,1H3/t9-/m0/s1. The minimum absolute atomic E-state index is 0.0973. The molecule has 1 aliphatic heterocycles. The summed E-state index contributed by atoms with van der Waals surface area (Å²) >= 11 is 0. The Bertz CT molecular complexity index is 421. The Kier molecular flexibility index (Phi) is 2.57. The average molecular weight is 207 g/mol. The first-order chi connectivity index (χ1) is 7.20. The molecule has 4 heteroatoms. The highest BCUT2D eigenvalue weighted by Gasteiger charge is 2.23. The van der Waals surface area contributed by atoms with Crippen molar-refractivity contribution in [3.63, 3.8) is 0 Å². The van der Waals surface area contributed by atoms with Crippen LogP contribution in [0.25, 0.3) is 0 Å². The van der Waals surface area contributed by atoms with Gasteiger partial charge >= 0.3 is 0 Å². The maximum atomic E-state index is 13.1. The van der Waals surface area contributed by atoms with Crippen molar-refractivity contribution in [3.8, 4) is 11.8 Å². The summed E-state index contributed by atoms with van der Waals surface area (Å²) in [4.78, 5) is 0. The quantitative estimate of drug-likeness (QED) is 0.710. The molecule has 3 nitrogen and oxygen atoms in total. The lowest BCUT2D eigenvalue weighted by Gasteiger charge is -2.08. The molecule has 1 heterocycles. The minimum atomic E-state index is -0.391. The smallest absolute Gasteiger partial charge is 0.140 e. The van der Waals surface area contributed by atoms with Gasteiger partial charge in [-0.3, -0.25) is 0 Å². The van der Waals surface area contributed by atoms with Crippen molar-refractivity contribution in [3.05, 3.63) is 29.1 Å². The average Bonchev–Trinajstić information content (AvgIpc) is 2.97. The maximum Gasteiger partial charge on any atom is 0.140 e. The Morgan fingerprint density at radius 1 is 1.67 bits per heavy atom. The third-order valence-corrected chi connectivity index (χ3v) is 2.20. The number of nitriles is 1. The van der Waals surface area contributed by atoms with E-state index in [0.29, 0.717) is 30.1 Å². The highest BCUT2D eigenvalue weighted by molar-refractivity contribution is 5.48. The molecule has 1 fully saturated rings. The Labute approximate surface area is 87.0 Å². The second kappa shape index (κ2) is 3.87. The second-order valence-electron chi connectivity index (χ2n) is 3.47. The molecule has 0 saturated carbocycles. The zero-order valence-corrected chi connectivity index (χ0v) is 8.29. The van der Waals surface area contributed by atoms with Crippen LogP contribution in [0.1, 0.15) is 11.1 Å². The lowest BCUT2D eigenvalue weighted by Crippen LogP contribution is -2.06. The fourth-order valence-electron chi connectivity index (χ4n) is 1.32. The molecule has 0 aromatic heterocycles. The normalized spacial score (nSPS) is 18.3. The Morgan fingerprint density at radius 3 is 3.00 bits per heavy atom. The van der Waals surface area contributed by atoms with Crippen molar-refractivity contribution in [2.75, 3.05) is 13.2 Å². The molecule has 2 rings (SSSR count). The van der Waals surface area contributed by atoms with E-state index in [4.69, 9.17) is 14.7 Å². The van der Waals surface area contributed by atoms with Crippen molar-refractivity contribution in [2.45, 2.75) is 13.0 Å². The number of halogens is 1. The molecule has 1 aliphatic rings.